The lowest BCUT2D eigenvalue weighted by Crippen LogP contribution is -2.47. The maximum absolute atomic E-state index is 12.5. The van der Waals surface area contributed by atoms with Gasteiger partial charge in [0.05, 0.1) is 4.90 Å². The molecule has 0 aromatic heterocycles. The molecule has 3 N–H and O–H groups in total. The molecule has 1 amide bonds. The Balaban J connectivity index is 1.89. The molecular weight excluding hydrogens is 338 g/mol. The molecule has 0 aliphatic carbocycles. The minimum Gasteiger partial charge on any atom is -0.353 e. The third-order valence-electron chi connectivity index (χ3n) is 4.51. The summed E-state index contributed by atoms with van der Waals surface area (Å²) >= 11 is 0. The zero-order valence-corrected chi connectivity index (χ0v) is 16.3. The van der Waals surface area contributed by atoms with E-state index in [4.69, 9.17) is 0 Å². The van der Waals surface area contributed by atoms with E-state index in [0.29, 0.717) is 10.9 Å². The van der Waals surface area contributed by atoms with Crippen LogP contribution in [0.2, 0.25) is 0 Å². The Morgan fingerprint density at radius 2 is 1.88 bits per heavy atom. The summed E-state index contributed by atoms with van der Waals surface area (Å²) < 4.78 is 27.6. The van der Waals surface area contributed by atoms with Crippen molar-refractivity contribution in [2.24, 2.45) is 0 Å². The quantitative estimate of drug-likeness (QED) is 0.712. The predicted octanol–water partition coefficient (Wildman–Crippen LogP) is 1.54. The average Bonchev–Trinajstić information content (AvgIpc) is 2.45. The Hall–Kier alpha value is -1.44. The van der Waals surface area contributed by atoms with Crippen LogP contribution < -0.4 is 15.4 Å². The molecule has 140 valence electrons. The van der Waals surface area contributed by atoms with Gasteiger partial charge in [-0.3, -0.25) is 4.79 Å². The van der Waals surface area contributed by atoms with E-state index in [1.807, 2.05) is 19.1 Å². The molecule has 0 spiro atoms. The van der Waals surface area contributed by atoms with Gasteiger partial charge in [-0.05, 0) is 58.2 Å². The van der Waals surface area contributed by atoms with Gasteiger partial charge in [-0.2, -0.15) is 0 Å². The van der Waals surface area contributed by atoms with Gasteiger partial charge in [0.2, 0.25) is 15.9 Å². The van der Waals surface area contributed by atoms with Crippen LogP contribution >= 0.6 is 0 Å². The summed E-state index contributed by atoms with van der Waals surface area (Å²) in [5.41, 5.74) is 2.47. The number of nitrogens with one attached hydrogen (secondary N) is 3. The monoisotopic (exact) mass is 367 g/mol. The zero-order chi connectivity index (χ0) is 18.6. The highest BCUT2D eigenvalue weighted by atomic mass is 32.2. The van der Waals surface area contributed by atoms with Crippen molar-refractivity contribution in [3.8, 4) is 0 Å². The lowest BCUT2D eigenvalue weighted by Gasteiger charge is -2.28. The van der Waals surface area contributed by atoms with Crippen LogP contribution in [0.15, 0.2) is 17.0 Å². The van der Waals surface area contributed by atoms with E-state index in [-0.39, 0.29) is 24.9 Å². The van der Waals surface area contributed by atoms with E-state index in [9.17, 15) is 13.2 Å². The highest BCUT2D eigenvalue weighted by Crippen LogP contribution is 2.21. The number of carbonyl (C=O) groups is 1. The van der Waals surface area contributed by atoms with Crippen molar-refractivity contribution < 1.29 is 13.2 Å². The number of hydrogen-bond donors (Lipinski definition) is 3. The summed E-state index contributed by atoms with van der Waals surface area (Å²) in [4.78, 5) is 12.4. The smallest absolute Gasteiger partial charge is 0.241 e. The van der Waals surface area contributed by atoms with E-state index >= 15 is 0 Å². The van der Waals surface area contributed by atoms with Crippen LogP contribution in [0.4, 0.5) is 0 Å². The second kappa shape index (κ2) is 8.29. The van der Waals surface area contributed by atoms with Crippen LogP contribution in [-0.4, -0.2) is 39.5 Å². The first-order chi connectivity index (χ1) is 11.7. The van der Waals surface area contributed by atoms with E-state index in [0.717, 1.165) is 36.1 Å². The maximum atomic E-state index is 12.5. The molecule has 6 nitrogen and oxygen atoms in total. The molecular formula is C18H29N3O3S. The van der Waals surface area contributed by atoms with Crippen LogP contribution in [0.3, 0.4) is 0 Å². The topological polar surface area (TPSA) is 87.3 Å². The number of hydrogen-bond acceptors (Lipinski definition) is 4. The molecule has 1 fully saturated rings. The van der Waals surface area contributed by atoms with Crippen LogP contribution in [0.5, 0.6) is 0 Å². The molecule has 0 saturated carbocycles. The lowest BCUT2D eigenvalue weighted by molar-refractivity contribution is -0.121. The SMILES string of the molecule is Cc1cc(C)c(S(=O)(=O)NCCC(=O)NC2CCNC(C)C2)c(C)c1. The summed E-state index contributed by atoms with van der Waals surface area (Å²) in [6.45, 7) is 8.61. The molecule has 1 aliphatic heterocycles. The first kappa shape index (κ1) is 19.9. The Kier molecular flexibility index (Phi) is 6.59. The van der Waals surface area contributed by atoms with Crippen molar-refractivity contribution in [2.75, 3.05) is 13.1 Å². The van der Waals surface area contributed by atoms with E-state index < -0.39 is 10.0 Å². The van der Waals surface area contributed by atoms with Crippen molar-refractivity contribution >= 4 is 15.9 Å². The van der Waals surface area contributed by atoms with Crippen molar-refractivity contribution in [3.63, 3.8) is 0 Å². The molecule has 1 heterocycles. The third-order valence-corrected chi connectivity index (χ3v) is 6.27. The van der Waals surface area contributed by atoms with Gasteiger partial charge < -0.3 is 10.6 Å². The first-order valence-corrected chi connectivity index (χ1v) is 10.3. The number of aryl methyl sites for hydroxylation is 3. The minimum absolute atomic E-state index is 0.0987. The van der Waals surface area contributed by atoms with Gasteiger partial charge >= 0.3 is 0 Å². The number of carbonyl (C=O) groups excluding carboxylic acids is 1. The number of rotatable bonds is 6. The number of sulfonamides is 1. The molecule has 1 saturated heterocycles. The summed E-state index contributed by atoms with van der Waals surface area (Å²) in [5, 5.41) is 6.33. The van der Waals surface area contributed by atoms with E-state index in [2.05, 4.69) is 22.3 Å². The van der Waals surface area contributed by atoms with Crippen LogP contribution in [-0.2, 0) is 14.8 Å². The third kappa shape index (κ3) is 5.52. The fraction of sp³-hybridized carbons (Fsp3) is 0.611. The largest absolute Gasteiger partial charge is 0.353 e. The number of piperidine rings is 1. The molecule has 2 unspecified atom stereocenters. The second-order valence-corrected chi connectivity index (χ2v) is 8.72. The highest BCUT2D eigenvalue weighted by Gasteiger charge is 2.22. The minimum atomic E-state index is -3.62. The second-order valence-electron chi connectivity index (χ2n) is 7.02. The van der Waals surface area contributed by atoms with E-state index in [1.54, 1.807) is 13.8 Å². The van der Waals surface area contributed by atoms with Crippen molar-refractivity contribution in [1.29, 1.82) is 0 Å². The summed E-state index contributed by atoms with van der Waals surface area (Å²) in [7, 11) is -3.62. The average molecular weight is 368 g/mol. The van der Waals surface area contributed by atoms with Gasteiger partial charge in [-0.1, -0.05) is 17.7 Å². The molecule has 25 heavy (non-hydrogen) atoms. The Morgan fingerprint density at radius 1 is 1.24 bits per heavy atom. The molecule has 0 radical (unpaired) electrons. The maximum Gasteiger partial charge on any atom is 0.241 e. The van der Waals surface area contributed by atoms with Gasteiger partial charge in [-0.15, -0.1) is 0 Å². The van der Waals surface area contributed by atoms with Crippen LogP contribution in [0, 0.1) is 20.8 Å². The van der Waals surface area contributed by atoms with Gasteiger partial charge in [-0.25, -0.2) is 13.1 Å². The molecule has 1 aromatic rings. The zero-order valence-electron chi connectivity index (χ0n) is 15.5. The Labute approximate surface area is 150 Å². The number of amides is 1. The predicted molar refractivity (Wildman–Crippen MR) is 99.1 cm³/mol. The van der Waals surface area contributed by atoms with Crippen molar-refractivity contribution in [1.82, 2.24) is 15.4 Å². The molecule has 2 atom stereocenters. The van der Waals surface area contributed by atoms with Gasteiger partial charge in [0.15, 0.2) is 0 Å². The highest BCUT2D eigenvalue weighted by molar-refractivity contribution is 7.89. The standard InChI is InChI=1S/C18H29N3O3S/c1-12-9-13(2)18(14(3)10-12)25(23,24)20-8-6-17(22)21-16-5-7-19-15(4)11-16/h9-10,15-16,19-20H,5-8,11H2,1-4H3,(H,21,22). The fourth-order valence-corrected chi connectivity index (χ4v) is 5.01. The van der Waals surface area contributed by atoms with Crippen LogP contribution in [0.25, 0.3) is 0 Å². The van der Waals surface area contributed by atoms with Gasteiger partial charge in [0.25, 0.3) is 0 Å². The van der Waals surface area contributed by atoms with Crippen molar-refractivity contribution in [2.45, 2.75) is 63.9 Å². The molecule has 1 aliphatic rings. The normalized spacial score (nSPS) is 21.1. The molecule has 2 rings (SSSR count). The molecule has 0 bridgehead atoms. The molecule has 1 aromatic carbocycles. The summed E-state index contributed by atoms with van der Waals surface area (Å²) in [6, 6.07) is 4.27. The summed E-state index contributed by atoms with van der Waals surface area (Å²) in [6.07, 6.45) is 1.95. The fourth-order valence-electron chi connectivity index (χ4n) is 3.52. The lowest BCUT2D eigenvalue weighted by atomic mass is 10.0. The summed E-state index contributed by atoms with van der Waals surface area (Å²) in [5.74, 6) is -0.112. The molecule has 7 heteroatoms. The van der Waals surface area contributed by atoms with Crippen molar-refractivity contribution in [3.05, 3.63) is 28.8 Å². The van der Waals surface area contributed by atoms with E-state index in [1.165, 1.54) is 0 Å². The Morgan fingerprint density at radius 3 is 2.48 bits per heavy atom. The Bertz CT molecular complexity index is 708. The van der Waals surface area contributed by atoms with Gasteiger partial charge in [0, 0.05) is 25.0 Å². The van der Waals surface area contributed by atoms with Crippen LogP contribution in [0.1, 0.15) is 42.9 Å². The number of benzene rings is 1. The first-order valence-electron chi connectivity index (χ1n) is 8.79. The van der Waals surface area contributed by atoms with Gasteiger partial charge in [0.1, 0.15) is 0 Å².